The van der Waals surface area contributed by atoms with Crippen molar-refractivity contribution in [2.75, 3.05) is 10.2 Å². The molecule has 2 N–H and O–H groups in total. The van der Waals surface area contributed by atoms with Gasteiger partial charge < -0.3 is 15.2 Å². The van der Waals surface area contributed by atoms with Crippen molar-refractivity contribution >= 4 is 34.8 Å². The fraction of sp³-hybridized carbons (Fsp3) is 0. The molecule has 0 unspecified atom stereocenters. The predicted octanol–water partition coefficient (Wildman–Crippen LogP) is 4.62. The Hall–Kier alpha value is -3.77. The molecular weight excluding hydrogens is 392 g/mol. The van der Waals surface area contributed by atoms with Crippen LogP contribution in [-0.2, 0) is 9.59 Å². The summed E-state index contributed by atoms with van der Waals surface area (Å²) in [7, 11) is 0. The van der Waals surface area contributed by atoms with E-state index < -0.39 is 11.8 Å². The topological polar surface area (TPSA) is 78.9 Å². The van der Waals surface area contributed by atoms with Crippen molar-refractivity contribution in [3.8, 4) is 17.2 Å². The third-order valence-electron chi connectivity index (χ3n) is 4.26. The zero-order valence-corrected chi connectivity index (χ0v) is 15.8. The Balaban J connectivity index is 1.54. The third kappa shape index (κ3) is 3.66. The molecule has 144 valence electrons. The van der Waals surface area contributed by atoms with Crippen LogP contribution in [0.3, 0.4) is 0 Å². The van der Waals surface area contributed by atoms with Gasteiger partial charge in [-0.05, 0) is 48.5 Å². The fourth-order valence-electron chi connectivity index (χ4n) is 2.85. The van der Waals surface area contributed by atoms with Crippen LogP contribution in [0.2, 0.25) is 0 Å². The van der Waals surface area contributed by atoms with Crippen LogP contribution < -0.4 is 15.0 Å². The van der Waals surface area contributed by atoms with Crippen molar-refractivity contribution in [3.63, 3.8) is 0 Å². The summed E-state index contributed by atoms with van der Waals surface area (Å²) >= 11 is 6.11. The molecule has 0 saturated carbocycles. The van der Waals surface area contributed by atoms with Gasteiger partial charge in [-0.3, -0.25) is 9.59 Å². The minimum absolute atomic E-state index is 0.0643. The highest BCUT2D eigenvalue weighted by Crippen LogP contribution is 2.33. The normalized spacial score (nSPS) is 13.8. The molecule has 7 heteroatoms. The lowest BCUT2D eigenvalue weighted by Gasteiger charge is -2.16. The van der Waals surface area contributed by atoms with E-state index in [2.05, 4.69) is 5.32 Å². The van der Waals surface area contributed by atoms with Crippen molar-refractivity contribution in [2.24, 2.45) is 0 Å². The number of amides is 2. The molecule has 1 aliphatic heterocycles. The molecular formula is C22H15ClN2O4. The van der Waals surface area contributed by atoms with Gasteiger partial charge in [0.25, 0.3) is 11.8 Å². The Morgan fingerprint density at radius 2 is 1.41 bits per heavy atom. The number of carbonyl (C=O) groups excluding carboxylic acids is 2. The zero-order valence-electron chi connectivity index (χ0n) is 15.0. The lowest BCUT2D eigenvalue weighted by atomic mass is 10.2. The van der Waals surface area contributed by atoms with Crippen molar-refractivity contribution < 1.29 is 19.4 Å². The molecule has 0 aliphatic carbocycles. The van der Waals surface area contributed by atoms with Crippen LogP contribution >= 0.6 is 11.6 Å². The number of phenols is 1. The number of nitrogens with one attached hydrogen (secondary N) is 1. The largest absolute Gasteiger partial charge is 0.506 e. The minimum atomic E-state index is -0.647. The monoisotopic (exact) mass is 406 g/mol. The van der Waals surface area contributed by atoms with Crippen LogP contribution in [0.1, 0.15) is 0 Å². The van der Waals surface area contributed by atoms with E-state index in [0.29, 0.717) is 17.2 Å². The smallest absolute Gasteiger partial charge is 0.283 e. The zero-order chi connectivity index (χ0) is 20.4. The van der Waals surface area contributed by atoms with Crippen molar-refractivity contribution in [1.29, 1.82) is 0 Å². The van der Waals surface area contributed by atoms with Gasteiger partial charge in [-0.1, -0.05) is 41.9 Å². The number of phenolic OH excluding ortho intramolecular Hbond substituents is 1. The first-order valence-electron chi connectivity index (χ1n) is 8.71. The van der Waals surface area contributed by atoms with E-state index in [4.69, 9.17) is 16.3 Å². The number of benzene rings is 3. The highest BCUT2D eigenvalue weighted by Gasteiger charge is 2.39. The molecule has 0 atom stereocenters. The van der Waals surface area contributed by atoms with Gasteiger partial charge in [-0.2, -0.15) is 0 Å². The van der Waals surface area contributed by atoms with Gasteiger partial charge in [0, 0.05) is 0 Å². The molecule has 0 fully saturated rings. The summed E-state index contributed by atoms with van der Waals surface area (Å²) in [5.41, 5.74) is 0.533. The Bertz CT molecular complexity index is 1110. The first-order chi connectivity index (χ1) is 14.0. The first kappa shape index (κ1) is 18.6. The number of hydrogen-bond donors (Lipinski definition) is 2. The van der Waals surface area contributed by atoms with Gasteiger partial charge in [0.15, 0.2) is 0 Å². The molecule has 4 rings (SSSR count). The Labute approximate surface area is 171 Å². The minimum Gasteiger partial charge on any atom is -0.506 e. The van der Waals surface area contributed by atoms with Crippen LogP contribution in [0.25, 0.3) is 0 Å². The third-order valence-corrected chi connectivity index (χ3v) is 4.62. The number of nitrogens with zero attached hydrogens (tertiary/aromatic N) is 1. The summed E-state index contributed by atoms with van der Waals surface area (Å²) in [5, 5.41) is 12.4. The summed E-state index contributed by atoms with van der Waals surface area (Å²) in [5.74, 6) is -0.0880. The number of rotatable bonds is 5. The van der Waals surface area contributed by atoms with E-state index in [-0.39, 0.29) is 22.2 Å². The van der Waals surface area contributed by atoms with Gasteiger partial charge >= 0.3 is 0 Å². The maximum Gasteiger partial charge on any atom is 0.283 e. The molecule has 6 nitrogen and oxygen atoms in total. The molecule has 0 radical (unpaired) electrons. The fourth-order valence-corrected chi connectivity index (χ4v) is 3.06. The molecule has 3 aromatic rings. The number of aromatic hydroxyl groups is 1. The van der Waals surface area contributed by atoms with Crippen LogP contribution in [-0.4, -0.2) is 16.9 Å². The number of ether oxygens (including phenoxy) is 1. The number of para-hydroxylation sites is 3. The van der Waals surface area contributed by atoms with E-state index in [0.717, 1.165) is 4.90 Å². The highest BCUT2D eigenvalue weighted by molar-refractivity contribution is 6.53. The van der Waals surface area contributed by atoms with Gasteiger partial charge in [-0.25, -0.2) is 4.90 Å². The molecule has 29 heavy (non-hydrogen) atoms. The second kappa shape index (κ2) is 7.69. The first-order valence-corrected chi connectivity index (χ1v) is 9.09. The summed E-state index contributed by atoms with van der Waals surface area (Å²) in [6, 6.07) is 22.1. The van der Waals surface area contributed by atoms with Crippen LogP contribution in [0.4, 0.5) is 11.4 Å². The van der Waals surface area contributed by atoms with Crippen molar-refractivity contribution in [3.05, 3.63) is 89.6 Å². The lowest BCUT2D eigenvalue weighted by molar-refractivity contribution is -0.120. The average molecular weight is 407 g/mol. The molecule has 1 aliphatic rings. The van der Waals surface area contributed by atoms with Gasteiger partial charge in [0.05, 0.1) is 11.4 Å². The lowest BCUT2D eigenvalue weighted by Crippen LogP contribution is -2.32. The standard InChI is InChI=1S/C22H15ClN2O4/c23-19-20(24-17-8-4-5-9-18(17)26)22(28)25(21(19)27)14-10-12-16(13-11-14)29-15-6-2-1-3-7-15/h1-13,24,26H. The predicted molar refractivity (Wildman–Crippen MR) is 110 cm³/mol. The van der Waals surface area contributed by atoms with Crippen molar-refractivity contribution in [2.45, 2.75) is 0 Å². The van der Waals surface area contributed by atoms with Crippen molar-refractivity contribution in [1.82, 2.24) is 0 Å². The Morgan fingerprint density at radius 3 is 2.10 bits per heavy atom. The van der Waals surface area contributed by atoms with Gasteiger partial charge in [0.1, 0.15) is 28.0 Å². The summed E-state index contributed by atoms with van der Waals surface area (Å²) in [6.07, 6.45) is 0. The van der Waals surface area contributed by atoms with E-state index >= 15 is 0 Å². The molecule has 0 bridgehead atoms. The summed E-state index contributed by atoms with van der Waals surface area (Å²) in [4.78, 5) is 26.3. The Kier molecular flexibility index (Phi) is 4.93. The van der Waals surface area contributed by atoms with E-state index in [9.17, 15) is 14.7 Å². The molecule has 1 heterocycles. The second-order valence-electron chi connectivity index (χ2n) is 6.19. The quantitative estimate of drug-likeness (QED) is 0.477. The number of hydrogen-bond acceptors (Lipinski definition) is 5. The number of carbonyl (C=O) groups is 2. The number of halogens is 1. The van der Waals surface area contributed by atoms with Gasteiger partial charge in [-0.15, -0.1) is 0 Å². The van der Waals surface area contributed by atoms with Crippen LogP contribution in [0, 0.1) is 0 Å². The van der Waals surface area contributed by atoms with E-state index in [1.165, 1.54) is 6.07 Å². The molecule has 0 aromatic heterocycles. The second-order valence-corrected chi connectivity index (χ2v) is 6.56. The summed E-state index contributed by atoms with van der Waals surface area (Å²) < 4.78 is 5.72. The maximum atomic E-state index is 12.8. The van der Waals surface area contributed by atoms with Crippen LogP contribution in [0.5, 0.6) is 17.2 Å². The van der Waals surface area contributed by atoms with Crippen LogP contribution in [0.15, 0.2) is 89.6 Å². The van der Waals surface area contributed by atoms with E-state index in [1.54, 1.807) is 42.5 Å². The highest BCUT2D eigenvalue weighted by atomic mass is 35.5. The molecule has 0 spiro atoms. The molecule has 3 aromatic carbocycles. The van der Waals surface area contributed by atoms with E-state index in [1.807, 2.05) is 30.3 Å². The SMILES string of the molecule is O=C1C(Cl)=C(Nc2ccccc2O)C(=O)N1c1ccc(Oc2ccccc2)cc1. The average Bonchev–Trinajstić information content (AvgIpc) is 2.94. The van der Waals surface area contributed by atoms with Gasteiger partial charge in [0.2, 0.25) is 0 Å². The number of imide groups is 1. The Morgan fingerprint density at radius 1 is 0.793 bits per heavy atom. The summed E-state index contributed by atoms with van der Waals surface area (Å²) in [6.45, 7) is 0. The molecule has 0 saturated heterocycles. The molecule has 2 amide bonds. The number of anilines is 2. The maximum absolute atomic E-state index is 12.8.